The van der Waals surface area contributed by atoms with Crippen LogP contribution >= 0.6 is 0 Å². The minimum atomic E-state index is -0.699. The van der Waals surface area contributed by atoms with Gasteiger partial charge in [-0.15, -0.1) is 0 Å². The lowest BCUT2D eigenvalue weighted by atomic mass is 9.94. The summed E-state index contributed by atoms with van der Waals surface area (Å²) in [5, 5.41) is 8.95. The van der Waals surface area contributed by atoms with Crippen molar-refractivity contribution in [1.29, 1.82) is 0 Å². The summed E-state index contributed by atoms with van der Waals surface area (Å²) in [6.45, 7) is 3.98. The van der Waals surface area contributed by atoms with Gasteiger partial charge in [-0.3, -0.25) is 4.79 Å². The average molecular weight is 202 g/mol. The SMILES string of the molecule is C=C1CC(C(=O)O)CC1c1ccccc1. The van der Waals surface area contributed by atoms with E-state index in [2.05, 4.69) is 6.58 Å². The van der Waals surface area contributed by atoms with Crippen LogP contribution in [0.3, 0.4) is 0 Å². The molecular formula is C13H14O2. The summed E-state index contributed by atoms with van der Waals surface area (Å²) in [4.78, 5) is 10.9. The molecule has 0 aromatic heterocycles. The van der Waals surface area contributed by atoms with E-state index < -0.39 is 5.97 Å². The van der Waals surface area contributed by atoms with Gasteiger partial charge in [0.1, 0.15) is 0 Å². The van der Waals surface area contributed by atoms with E-state index in [4.69, 9.17) is 5.11 Å². The van der Waals surface area contributed by atoms with E-state index in [1.807, 2.05) is 30.3 Å². The predicted octanol–water partition coefficient (Wildman–Crippen LogP) is 2.82. The molecule has 0 spiro atoms. The Labute approximate surface area is 89.2 Å². The first kappa shape index (κ1) is 9.97. The van der Waals surface area contributed by atoms with Crippen LogP contribution in [0.5, 0.6) is 0 Å². The van der Waals surface area contributed by atoms with Crippen molar-refractivity contribution in [2.75, 3.05) is 0 Å². The van der Waals surface area contributed by atoms with Crippen molar-refractivity contribution in [3.8, 4) is 0 Å². The molecule has 0 aliphatic heterocycles. The molecule has 0 amide bonds. The Bertz CT molecular complexity index is 381. The van der Waals surface area contributed by atoms with Gasteiger partial charge < -0.3 is 5.11 Å². The molecule has 1 aromatic rings. The average Bonchev–Trinajstić information content (AvgIpc) is 2.62. The normalized spacial score (nSPS) is 25.5. The largest absolute Gasteiger partial charge is 0.481 e. The third-order valence-corrected chi connectivity index (χ3v) is 3.07. The number of carbonyl (C=O) groups is 1. The zero-order valence-electron chi connectivity index (χ0n) is 8.52. The molecule has 2 nitrogen and oxygen atoms in total. The summed E-state index contributed by atoms with van der Waals surface area (Å²) in [6.07, 6.45) is 1.31. The summed E-state index contributed by atoms with van der Waals surface area (Å²) >= 11 is 0. The first-order chi connectivity index (χ1) is 7.18. The Morgan fingerprint density at radius 1 is 1.33 bits per heavy atom. The molecule has 2 rings (SSSR count). The summed E-state index contributed by atoms with van der Waals surface area (Å²) in [5.74, 6) is -0.718. The smallest absolute Gasteiger partial charge is 0.306 e. The van der Waals surface area contributed by atoms with Crippen LogP contribution in [0.2, 0.25) is 0 Å². The van der Waals surface area contributed by atoms with Crippen molar-refractivity contribution in [3.05, 3.63) is 48.0 Å². The molecule has 1 aromatic carbocycles. The molecule has 1 N–H and O–H groups in total. The Hall–Kier alpha value is -1.57. The summed E-state index contributed by atoms with van der Waals surface area (Å²) in [7, 11) is 0. The lowest BCUT2D eigenvalue weighted by molar-refractivity contribution is -0.141. The number of aliphatic carboxylic acids is 1. The van der Waals surface area contributed by atoms with Crippen molar-refractivity contribution in [2.24, 2.45) is 5.92 Å². The fraction of sp³-hybridized carbons (Fsp3) is 0.308. The number of hydrogen-bond donors (Lipinski definition) is 1. The lowest BCUT2D eigenvalue weighted by Crippen LogP contribution is -2.09. The number of hydrogen-bond acceptors (Lipinski definition) is 1. The maximum absolute atomic E-state index is 10.9. The van der Waals surface area contributed by atoms with Crippen LogP contribution in [0.1, 0.15) is 24.3 Å². The first-order valence-corrected chi connectivity index (χ1v) is 5.14. The first-order valence-electron chi connectivity index (χ1n) is 5.14. The highest BCUT2D eigenvalue weighted by Crippen LogP contribution is 2.41. The quantitative estimate of drug-likeness (QED) is 0.749. The highest BCUT2D eigenvalue weighted by atomic mass is 16.4. The molecule has 1 fully saturated rings. The Kier molecular flexibility index (Phi) is 2.58. The van der Waals surface area contributed by atoms with Gasteiger partial charge in [0.25, 0.3) is 0 Å². The molecule has 1 aliphatic rings. The van der Waals surface area contributed by atoms with Crippen LogP contribution < -0.4 is 0 Å². The molecule has 2 atom stereocenters. The van der Waals surface area contributed by atoms with Gasteiger partial charge in [-0.1, -0.05) is 42.5 Å². The third kappa shape index (κ3) is 1.94. The highest BCUT2D eigenvalue weighted by molar-refractivity contribution is 5.71. The Morgan fingerprint density at radius 2 is 2.00 bits per heavy atom. The van der Waals surface area contributed by atoms with Gasteiger partial charge in [-0.25, -0.2) is 0 Å². The fourth-order valence-electron chi connectivity index (χ4n) is 2.24. The number of allylic oxidation sites excluding steroid dienone is 1. The van der Waals surface area contributed by atoms with Crippen molar-refractivity contribution >= 4 is 5.97 Å². The van der Waals surface area contributed by atoms with Crippen LogP contribution in [-0.4, -0.2) is 11.1 Å². The van der Waals surface area contributed by atoms with E-state index in [1.54, 1.807) is 0 Å². The van der Waals surface area contributed by atoms with Crippen molar-refractivity contribution in [3.63, 3.8) is 0 Å². The van der Waals surface area contributed by atoms with E-state index in [9.17, 15) is 4.79 Å². The lowest BCUT2D eigenvalue weighted by Gasteiger charge is -2.10. The maximum atomic E-state index is 10.9. The Balaban J connectivity index is 2.19. The molecule has 0 radical (unpaired) electrons. The van der Waals surface area contributed by atoms with E-state index in [-0.39, 0.29) is 11.8 Å². The number of carboxylic acids is 1. The second-order valence-corrected chi connectivity index (χ2v) is 4.10. The minimum absolute atomic E-state index is 0.229. The van der Waals surface area contributed by atoms with Crippen LogP contribution in [0.4, 0.5) is 0 Å². The van der Waals surface area contributed by atoms with E-state index in [1.165, 1.54) is 5.56 Å². The van der Waals surface area contributed by atoms with Crippen molar-refractivity contribution in [1.82, 2.24) is 0 Å². The summed E-state index contributed by atoms with van der Waals surface area (Å²) < 4.78 is 0. The van der Waals surface area contributed by atoms with Gasteiger partial charge in [-0.05, 0) is 18.4 Å². The molecular weight excluding hydrogens is 188 g/mol. The standard InChI is InChI=1S/C13H14O2/c1-9-7-11(13(14)15)8-12(9)10-5-3-2-4-6-10/h2-6,11-12H,1,7-8H2,(H,14,15). The van der Waals surface area contributed by atoms with E-state index in [0.717, 1.165) is 5.57 Å². The predicted molar refractivity (Wildman–Crippen MR) is 58.7 cm³/mol. The zero-order chi connectivity index (χ0) is 10.8. The molecule has 0 saturated heterocycles. The minimum Gasteiger partial charge on any atom is -0.481 e. The third-order valence-electron chi connectivity index (χ3n) is 3.07. The molecule has 2 unspecified atom stereocenters. The summed E-state index contributed by atoms with van der Waals surface area (Å²) in [6, 6.07) is 10.0. The number of benzene rings is 1. The van der Waals surface area contributed by atoms with Crippen LogP contribution in [-0.2, 0) is 4.79 Å². The Morgan fingerprint density at radius 3 is 2.53 bits per heavy atom. The number of carboxylic acid groups (broad SMARTS) is 1. The topological polar surface area (TPSA) is 37.3 Å². The molecule has 2 heteroatoms. The van der Waals surface area contributed by atoms with Gasteiger partial charge in [0.05, 0.1) is 5.92 Å². The van der Waals surface area contributed by atoms with E-state index in [0.29, 0.717) is 12.8 Å². The molecule has 15 heavy (non-hydrogen) atoms. The molecule has 0 bridgehead atoms. The highest BCUT2D eigenvalue weighted by Gasteiger charge is 2.33. The molecule has 1 saturated carbocycles. The van der Waals surface area contributed by atoms with Crippen molar-refractivity contribution in [2.45, 2.75) is 18.8 Å². The monoisotopic (exact) mass is 202 g/mol. The van der Waals surface area contributed by atoms with Crippen LogP contribution in [0.25, 0.3) is 0 Å². The van der Waals surface area contributed by atoms with Crippen molar-refractivity contribution < 1.29 is 9.90 Å². The van der Waals surface area contributed by atoms with Gasteiger partial charge in [-0.2, -0.15) is 0 Å². The molecule has 0 heterocycles. The second-order valence-electron chi connectivity index (χ2n) is 4.10. The molecule has 78 valence electrons. The van der Waals surface area contributed by atoms with Crippen LogP contribution in [0.15, 0.2) is 42.5 Å². The van der Waals surface area contributed by atoms with Gasteiger partial charge in [0.15, 0.2) is 0 Å². The van der Waals surface area contributed by atoms with E-state index >= 15 is 0 Å². The van der Waals surface area contributed by atoms with Gasteiger partial charge >= 0.3 is 5.97 Å². The zero-order valence-corrected chi connectivity index (χ0v) is 8.52. The maximum Gasteiger partial charge on any atom is 0.306 e. The number of rotatable bonds is 2. The van der Waals surface area contributed by atoms with Crippen LogP contribution in [0, 0.1) is 5.92 Å². The van der Waals surface area contributed by atoms with Gasteiger partial charge in [0, 0.05) is 5.92 Å². The summed E-state index contributed by atoms with van der Waals surface area (Å²) in [5.41, 5.74) is 2.24. The molecule has 1 aliphatic carbocycles. The fourth-order valence-corrected chi connectivity index (χ4v) is 2.24. The second kappa shape index (κ2) is 3.89. The van der Waals surface area contributed by atoms with Gasteiger partial charge in [0.2, 0.25) is 0 Å².